The number of hydrogen-bond acceptors (Lipinski definition) is 4. The van der Waals surface area contributed by atoms with Crippen molar-refractivity contribution in [2.45, 2.75) is 18.4 Å². The molecule has 1 aliphatic heterocycles. The number of aromatic hydroxyl groups is 1. The first-order valence-electron chi connectivity index (χ1n) is 8.99. The SMILES string of the molecule is O=C(CN1CCC(O)(c2ccc(Cl)cc2)CC1)c1c[nH]c2ccc(O)cc12. The van der Waals surface area contributed by atoms with Crippen molar-refractivity contribution in [3.63, 3.8) is 0 Å². The van der Waals surface area contributed by atoms with E-state index in [-0.39, 0.29) is 11.5 Å². The number of phenolic OH excluding ortho intramolecular Hbond substituents is 1. The van der Waals surface area contributed by atoms with Gasteiger partial charge >= 0.3 is 0 Å². The first-order valence-corrected chi connectivity index (χ1v) is 9.36. The summed E-state index contributed by atoms with van der Waals surface area (Å²) in [5.41, 5.74) is 1.40. The van der Waals surface area contributed by atoms with E-state index < -0.39 is 5.60 Å². The number of aromatic amines is 1. The number of piperidine rings is 1. The summed E-state index contributed by atoms with van der Waals surface area (Å²) in [5.74, 6) is 0.144. The number of Topliss-reactive ketones (excluding diaryl/α,β-unsaturated/α-hetero) is 1. The monoisotopic (exact) mass is 384 g/mol. The molecule has 140 valence electrons. The van der Waals surface area contributed by atoms with Crippen LogP contribution in [-0.4, -0.2) is 45.5 Å². The van der Waals surface area contributed by atoms with E-state index in [0.717, 1.165) is 16.5 Å². The Hall–Kier alpha value is -2.34. The van der Waals surface area contributed by atoms with Crippen molar-refractivity contribution in [3.8, 4) is 5.75 Å². The van der Waals surface area contributed by atoms with Crippen LogP contribution in [0.4, 0.5) is 0 Å². The van der Waals surface area contributed by atoms with Gasteiger partial charge in [0.15, 0.2) is 5.78 Å². The van der Waals surface area contributed by atoms with Gasteiger partial charge in [-0.1, -0.05) is 23.7 Å². The second kappa shape index (κ2) is 7.00. The topological polar surface area (TPSA) is 76.6 Å². The molecule has 4 rings (SSSR count). The fourth-order valence-corrected chi connectivity index (χ4v) is 3.88. The number of H-pyrrole nitrogens is 1. The van der Waals surface area contributed by atoms with E-state index in [1.807, 2.05) is 12.1 Å². The third-order valence-electron chi connectivity index (χ3n) is 5.40. The van der Waals surface area contributed by atoms with Crippen molar-refractivity contribution in [1.29, 1.82) is 0 Å². The number of rotatable bonds is 4. The first kappa shape index (κ1) is 18.0. The number of aromatic nitrogens is 1. The minimum absolute atomic E-state index is 0.00350. The highest BCUT2D eigenvalue weighted by molar-refractivity contribution is 6.30. The molecule has 3 aromatic rings. The molecule has 2 heterocycles. The van der Waals surface area contributed by atoms with Crippen LogP contribution in [0.15, 0.2) is 48.7 Å². The molecule has 0 atom stereocenters. The Kier molecular flexibility index (Phi) is 4.68. The van der Waals surface area contributed by atoms with Crippen LogP contribution < -0.4 is 0 Å². The summed E-state index contributed by atoms with van der Waals surface area (Å²) in [6.45, 7) is 1.57. The summed E-state index contributed by atoms with van der Waals surface area (Å²) in [5, 5.41) is 22.0. The Balaban J connectivity index is 1.43. The summed E-state index contributed by atoms with van der Waals surface area (Å²) in [6, 6.07) is 12.3. The lowest BCUT2D eigenvalue weighted by molar-refractivity contribution is -0.0245. The molecule has 0 saturated carbocycles. The molecule has 0 amide bonds. The van der Waals surface area contributed by atoms with Gasteiger partial charge in [0.05, 0.1) is 12.1 Å². The molecule has 6 heteroatoms. The number of nitrogens with one attached hydrogen (secondary N) is 1. The molecular formula is C21H21ClN2O3. The lowest BCUT2D eigenvalue weighted by atomic mass is 9.84. The maximum atomic E-state index is 12.7. The number of fused-ring (bicyclic) bond motifs is 1. The summed E-state index contributed by atoms with van der Waals surface area (Å²) >= 11 is 5.93. The summed E-state index contributed by atoms with van der Waals surface area (Å²) in [7, 11) is 0. The Morgan fingerprint density at radius 2 is 1.85 bits per heavy atom. The number of aliphatic hydroxyl groups is 1. The van der Waals surface area contributed by atoms with E-state index in [1.165, 1.54) is 0 Å². The van der Waals surface area contributed by atoms with Gasteiger partial charge in [-0.3, -0.25) is 9.69 Å². The molecule has 0 aliphatic carbocycles. The van der Waals surface area contributed by atoms with Crippen LogP contribution in [0.25, 0.3) is 10.9 Å². The standard InChI is InChI=1S/C21H21ClN2O3/c22-15-3-1-14(2-4-15)21(27)7-9-24(10-8-21)13-20(26)18-12-23-19-6-5-16(25)11-17(18)19/h1-6,11-12,23,25,27H,7-10,13H2. The van der Waals surface area contributed by atoms with Crippen molar-refractivity contribution in [3.05, 3.63) is 64.8 Å². The average Bonchev–Trinajstić information content (AvgIpc) is 3.07. The number of halogens is 1. The normalized spacial score (nSPS) is 17.3. The van der Waals surface area contributed by atoms with Crippen molar-refractivity contribution < 1.29 is 15.0 Å². The van der Waals surface area contributed by atoms with E-state index >= 15 is 0 Å². The van der Waals surface area contributed by atoms with Gasteiger partial charge in [-0.25, -0.2) is 0 Å². The van der Waals surface area contributed by atoms with Crippen molar-refractivity contribution in [1.82, 2.24) is 9.88 Å². The lowest BCUT2D eigenvalue weighted by Crippen LogP contribution is -2.44. The van der Waals surface area contributed by atoms with Gasteiger partial charge in [0.2, 0.25) is 0 Å². The maximum absolute atomic E-state index is 12.7. The molecule has 2 aromatic carbocycles. The molecule has 0 bridgehead atoms. The zero-order valence-corrected chi connectivity index (χ0v) is 15.5. The Morgan fingerprint density at radius 1 is 1.15 bits per heavy atom. The summed E-state index contributed by atoms with van der Waals surface area (Å²) < 4.78 is 0. The molecular weight excluding hydrogens is 364 g/mol. The number of hydrogen-bond donors (Lipinski definition) is 3. The molecule has 0 unspecified atom stereocenters. The quantitative estimate of drug-likeness (QED) is 0.599. The van der Waals surface area contributed by atoms with E-state index in [0.29, 0.717) is 43.1 Å². The van der Waals surface area contributed by atoms with Gasteiger partial charge in [-0.2, -0.15) is 0 Å². The molecule has 5 nitrogen and oxygen atoms in total. The Bertz CT molecular complexity index is 973. The largest absolute Gasteiger partial charge is 0.508 e. The first-order chi connectivity index (χ1) is 12.9. The smallest absolute Gasteiger partial charge is 0.178 e. The highest BCUT2D eigenvalue weighted by Crippen LogP contribution is 2.33. The van der Waals surface area contributed by atoms with Gasteiger partial charge in [0.25, 0.3) is 0 Å². The number of ketones is 1. The van der Waals surface area contributed by atoms with Crippen LogP contribution in [0, 0.1) is 0 Å². The van der Waals surface area contributed by atoms with Gasteiger partial charge < -0.3 is 15.2 Å². The zero-order chi connectivity index (χ0) is 19.0. The highest BCUT2D eigenvalue weighted by Gasteiger charge is 2.34. The van der Waals surface area contributed by atoms with Gasteiger partial charge in [0, 0.05) is 40.8 Å². The van der Waals surface area contributed by atoms with Crippen LogP contribution in [0.1, 0.15) is 28.8 Å². The Labute approximate surface area is 162 Å². The number of benzene rings is 2. The maximum Gasteiger partial charge on any atom is 0.178 e. The van der Waals surface area contributed by atoms with E-state index in [1.54, 1.807) is 36.5 Å². The van der Waals surface area contributed by atoms with E-state index in [2.05, 4.69) is 9.88 Å². The second-order valence-electron chi connectivity index (χ2n) is 7.17. The zero-order valence-electron chi connectivity index (χ0n) is 14.8. The highest BCUT2D eigenvalue weighted by atomic mass is 35.5. The molecule has 1 aromatic heterocycles. The number of phenols is 1. The second-order valence-corrected chi connectivity index (χ2v) is 7.61. The van der Waals surface area contributed by atoms with Crippen molar-refractivity contribution >= 4 is 28.3 Å². The number of likely N-dealkylation sites (tertiary alicyclic amines) is 1. The molecule has 1 aliphatic rings. The number of carbonyl (C=O) groups is 1. The van der Waals surface area contributed by atoms with Crippen LogP contribution in [0.2, 0.25) is 5.02 Å². The van der Waals surface area contributed by atoms with Crippen molar-refractivity contribution in [2.24, 2.45) is 0 Å². The third kappa shape index (κ3) is 3.58. The summed E-state index contributed by atoms with van der Waals surface area (Å²) in [6.07, 6.45) is 2.83. The Morgan fingerprint density at radius 3 is 2.56 bits per heavy atom. The van der Waals surface area contributed by atoms with Crippen LogP contribution in [-0.2, 0) is 5.60 Å². The molecule has 0 radical (unpaired) electrons. The predicted molar refractivity (Wildman–Crippen MR) is 105 cm³/mol. The van der Waals surface area contributed by atoms with Crippen LogP contribution >= 0.6 is 11.6 Å². The third-order valence-corrected chi connectivity index (χ3v) is 5.65. The van der Waals surface area contributed by atoms with Crippen LogP contribution in [0.5, 0.6) is 5.75 Å². The predicted octanol–water partition coefficient (Wildman–Crippen LogP) is 3.69. The minimum atomic E-state index is -0.878. The average molecular weight is 385 g/mol. The molecule has 27 heavy (non-hydrogen) atoms. The summed E-state index contributed by atoms with van der Waals surface area (Å²) in [4.78, 5) is 17.9. The molecule has 0 spiro atoms. The lowest BCUT2D eigenvalue weighted by Gasteiger charge is -2.38. The number of nitrogens with zero attached hydrogens (tertiary/aromatic N) is 1. The molecule has 3 N–H and O–H groups in total. The fraction of sp³-hybridized carbons (Fsp3) is 0.286. The molecule has 1 saturated heterocycles. The van der Waals surface area contributed by atoms with Crippen LogP contribution in [0.3, 0.4) is 0 Å². The van der Waals surface area contributed by atoms with Gasteiger partial charge in [0.1, 0.15) is 5.75 Å². The minimum Gasteiger partial charge on any atom is -0.508 e. The van der Waals surface area contributed by atoms with Crippen molar-refractivity contribution in [2.75, 3.05) is 19.6 Å². The number of carbonyl (C=O) groups excluding carboxylic acids is 1. The van der Waals surface area contributed by atoms with Gasteiger partial charge in [-0.15, -0.1) is 0 Å². The van der Waals surface area contributed by atoms with E-state index in [9.17, 15) is 15.0 Å². The fourth-order valence-electron chi connectivity index (χ4n) is 3.76. The molecule has 1 fully saturated rings. The van der Waals surface area contributed by atoms with Gasteiger partial charge in [-0.05, 0) is 48.7 Å². The van der Waals surface area contributed by atoms with E-state index in [4.69, 9.17) is 11.6 Å².